The van der Waals surface area contributed by atoms with Crippen LogP contribution in [0.1, 0.15) is 31.9 Å². The Kier molecular flexibility index (Phi) is 6.06. The van der Waals surface area contributed by atoms with Crippen molar-refractivity contribution in [2.24, 2.45) is 11.8 Å². The Morgan fingerprint density at radius 2 is 1.96 bits per heavy atom. The lowest BCUT2D eigenvalue weighted by molar-refractivity contribution is 0.369. The summed E-state index contributed by atoms with van der Waals surface area (Å²) in [6.45, 7) is 6.49. The zero-order valence-electron chi connectivity index (χ0n) is 14.5. The molecule has 0 unspecified atom stereocenters. The summed E-state index contributed by atoms with van der Waals surface area (Å²) in [6, 6.07) is 8.40. The lowest BCUT2D eigenvalue weighted by Gasteiger charge is -2.25. The molecule has 0 bridgehead atoms. The molecule has 1 N–H and O–H groups in total. The van der Waals surface area contributed by atoms with Crippen LogP contribution in [0.5, 0.6) is 5.75 Å². The topological polar surface area (TPSA) is 58.6 Å². The van der Waals surface area contributed by atoms with Crippen LogP contribution >= 0.6 is 0 Å². The largest absolute Gasteiger partial charge is 0.497 e. The first-order valence-corrected chi connectivity index (χ1v) is 9.98. The van der Waals surface area contributed by atoms with Crippen LogP contribution in [0.2, 0.25) is 0 Å². The van der Waals surface area contributed by atoms with Crippen LogP contribution in [0.3, 0.4) is 0 Å². The molecule has 0 spiro atoms. The number of benzene rings is 1. The average molecular weight is 340 g/mol. The van der Waals surface area contributed by atoms with E-state index in [1.807, 2.05) is 12.1 Å². The van der Waals surface area contributed by atoms with E-state index in [0.29, 0.717) is 24.9 Å². The number of rotatable bonds is 7. The highest BCUT2D eigenvalue weighted by molar-refractivity contribution is 7.88. The summed E-state index contributed by atoms with van der Waals surface area (Å²) in [7, 11) is -1.39. The Bertz CT molecular complexity index is 599. The number of nitrogens with zero attached hydrogens (tertiary/aromatic N) is 1. The first-order chi connectivity index (χ1) is 10.8. The quantitative estimate of drug-likeness (QED) is 0.827. The molecule has 5 nitrogen and oxygen atoms in total. The molecule has 0 saturated carbocycles. The number of ether oxygens (including phenoxy) is 1. The second kappa shape index (κ2) is 7.64. The van der Waals surface area contributed by atoms with Gasteiger partial charge in [-0.25, -0.2) is 12.7 Å². The zero-order valence-corrected chi connectivity index (χ0v) is 15.3. The van der Waals surface area contributed by atoms with Gasteiger partial charge in [-0.3, -0.25) is 0 Å². The third-order valence-electron chi connectivity index (χ3n) is 4.49. The smallest absolute Gasteiger partial charge is 0.211 e. The third kappa shape index (κ3) is 4.93. The Morgan fingerprint density at radius 1 is 1.30 bits per heavy atom. The maximum absolute atomic E-state index is 11.6. The molecule has 0 aliphatic carbocycles. The summed E-state index contributed by atoms with van der Waals surface area (Å²) in [5.41, 5.74) is 1.23. The number of sulfonamides is 1. The average Bonchev–Trinajstić information content (AvgIpc) is 2.97. The second-order valence-corrected chi connectivity index (χ2v) is 8.66. The summed E-state index contributed by atoms with van der Waals surface area (Å²) in [4.78, 5) is 0. The molecule has 23 heavy (non-hydrogen) atoms. The molecule has 1 saturated heterocycles. The standard InChI is InChI=1S/C17H28N2O3S/c1-13(2)17(15-5-7-16(22-3)8-6-15)18-11-14-9-10-19(12-14)23(4,20)21/h5-8,13-14,17-18H,9-12H2,1-4H3/t14-,17+/m0/s1. The fraction of sp³-hybridized carbons (Fsp3) is 0.647. The lowest BCUT2D eigenvalue weighted by atomic mass is 9.95. The van der Waals surface area contributed by atoms with E-state index in [0.717, 1.165) is 18.7 Å². The Balaban J connectivity index is 1.95. The second-order valence-electron chi connectivity index (χ2n) is 6.68. The van der Waals surface area contributed by atoms with E-state index in [-0.39, 0.29) is 6.04 Å². The highest BCUT2D eigenvalue weighted by Crippen LogP contribution is 2.25. The first-order valence-electron chi connectivity index (χ1n) is 8.13. The zero-order chi connectivity index (χ0) is 17.0. The van der Waals surface area contributed by atoms with Crippen molar-refractivity contribution >= 4 is 10.0 Å². The molecule has 0 radical (unpaired) electrons. The monoisotopic (exact) mass is 340 g/mol. The van der Waals surface area contributed by atoms with Gasteiger partial charge in [-0.1, -0.05) is 26.0 Å². The normalized spacial score (nSPS) is 20.8. The molecule has 0 amide bonds. The van der Waals surface area contributed by atoms with E-state index in [1.54, 1.807) is 11.4 Å². The van der Waals surface area contributed by atoms with Gasteiger partial charge >= 0.3 is 0 Å². The summed E-state index contributed by atoms with van der Waals surface area (Å²) in [5, 5.41) is 3.62. The summed E-state index contributed by atoms with van der Waals surface area (Å²) < 4.78 is 30.0. The summed E-state index contributed by atoms with van der Waals surface area (Å²) in [6.07, 6.45) is 2.21. The Labute approximate surface area is 140 Å². The molecular formula is C17H28N2O3S. The van der Waals surface area contributed by atoms with Crippen LogP contribution in [-0.4, -0.2) is 45.7 Å². The number of hydrogen-bond acceptors (Lipinski definition) is 4. The minimum absolute atomic E-state index is 0.258. The van der Waals surface area contributed by atoms with Gasteiger partial charge in [0.2, 0.25) is 10.0 Å². The van der Waals surface area contributed by atoms with Gasteiger partial charge in [-0.15, -0.1) is 0 Å². The van der Waals surface area contributed by atoms with Gasteiger partial charge in [-0.2, -0.15) is 0 Å². The van der Waals surface area contributed by atoms with E-state index in [2.05, 4.69) is 31.3 Å². The van der Waals surface area contributed by atoms with Crippen LogP contribution < -0.4 is 10.1 Å². The SMILES string of the molecule is COc1ccc([C@H](NC[C@@H]2CCN(S(C)(=O)=O)C2)C(C)C)cc1. The minimum atomic E-state index is -3.06. The molecule has 1 aliphatic heterocycles. The molecular weight excluding hydrogens is 312 g/mol. The Morgan fingerprint density at radius 3 is 2.43 bits per heavy atom. The van der Waals surface area contributed by atoms with Crippen molar-refractivity contribution in [2.45, 2.75) is 26.3 Å². The molecule has 1 fully saturated rings. The van der Waals surface area contributed by atoms with Crippen molar-refractivity contribution in [3.8, 4) is 5.75 Å². The van der Waals surface area contributed by atoms with Crippen molar-refractivity contribution in [1.29, 1.82) is 0 Å². The van der Waals surface area contributed by atoms with Crippen LogP contribution in [0.25, 0.3) is 0 Å². The van der Waals surface area contributed by atoms with Crippen molar-refractivity contribution in [3.63, 3.8) is 0 Å². The van der Waals surface area contributed by atoms with Crippen molar-refractivity contribution in [1.82, 2.24) is 9.62 Å². The predicted octanol–water partition coefficient (Wildman–Crippen LogP) is 2.26. The van der Waals surface area contributed by atoms with E-state index in [1.165, 1.54) is 11.8 Å². The fourth-order valence-corrected chi connectivity index (χ4v) is 4.03. The van der Waals surface area contributed by atoms with Gasteiger partial charge in [-0.05, 0) is 42.5 Å². The van der Waals surface area contributed by atoms with Gasteiger partial charge in [0.25, 0.3) is 0 Å². The summed E-state index contributed by atoms with van der Waals surface area (Å²) >= 11 is 0. The van der Waals surface area contributed by atoms with E-state index >= 15 is 0 Å². The van der Waals surface area contributed by atoms with Crippen LogP contribution in [0.4, 0.5) is 0 Å². The van der Waals surface area contributed by atoms with Crippen molar-refractivity contribution < 1.29 is 13.2 Å². The van der Waals surface area contributed by atoms with Gasteiger partial charge in [0, 0.05) is 19.1 Å². The molecule has 2 atom stereocenters. The predicted molar refractivity (Wildman–Crippen MR) is 93.1 cm³/mol. The van der Waals surface area contributed by atoms with Gasteiger partial charge in [0.1, 0.15) is 5.75 Å². The third-order valence-corrected chi connectivity index (χ3v) is 5.76. The molecule has 1 aromatic carbocycles. The van der Waals surface area contributed by atoms with Crippen LogP contribution in [-0.2, 0) is 10.0 Å². The molecule has 1 aliphatic rings. The number of hydrogen-bond donors (Lipinski definition) is 1. The van der Waals surface area contributed by atoms with E-state index < -0.39 is 10.0 Å². The number of methoxy groups -OCH3 is 1. The molecule has 1 aromatic rings. The minimum Gasteiger partial charge on any atom is -0.497 e. The van der Waals surface area contributed by atoms with Crippen LogP contribution in [0, 0.1) is 11.8 Å². The van der Waals surface area contributed by atoms with E-state index in [9.17, 15) is 8.42 Å². The first kappa shape index (κ1) is 18.2. The maximum atomic E-state index is 11.6. The fourth-order valence-electron chi connectivity index (χ4n) is 3.11. The van der Waals surface area contributed by atoms with Crippen molar-refractivity contribution in [3.05, 3.63) is 29.8 Å². The molecule has 0 aromatic heterocycles. The van der Waals surface area contributed by atoms with Crippen molar-refractivity contribution in [2.75, 3.05) is 33.0 Å². The molecule has 2 rings (SSSR count). The lowest BCUT2D eigenvalue weighted by Crippen LogP contribution is -2.33. The molecule has 6 heteroatoms. The highest BCUT2D eigenvalue weighted by Gasteiger charge is 2.29. The van der Waals surface area contributed by atoms with Gasteiger partial charge < -0.3 is 10.1 Å². The van der Waals surface area contributed by atoms with Crippen LogP contribution in [0.15, 0.2) is 24.3 Å². The number of nitrogens with one attached hydrogen (secondary N) is 1. The molecule has 1 heterocycles. The van der Waals surface area contributed by atoms with Gasteiger partial charge in [0.05, 0.1) is 13.4 Å². The van der Waals surface area contributed by atoms with Gasteiger partial charge in [0.15, 0.2) is 0 Å². The van der Waals surface area contributed by atoms with E-state index in [4.69, 9.17) is 4.74 Å². The summed E-state index contributed by atoms with van der Waals surface area (Å²) in [5.74, 6) is 1.69. The Hall–Kier alpha value is -1.11. The highest BCUT2D eigenvalue weighted by atomic mass is 32.2. The maximum Gasteiger partial charge on any atom is 0.211 e. The molecule has 130 valence electrons.